The van der Waals surface area contributed by atoms with Crippen LogP contribution in [0.3, 0.4) is 0 Å². The van der Waals surface area contributed by atoms with Crippen molar-refractivity contribution in [2.75, 3.05) is 5.73 Å². The summed E-state index contributed by atoms with van der Waals surface area (Å²) in [6.45, 7) is 4.14. The van der Waals surface area contributed by atoms with Gasteiger partial charge in [0.2, 0.25) is 0 Å². The van der Waals surface area contributed by atoms with Crippen molar-refractivity contribution in [3.8, 4) is 11.4 Å². The van der Waals surface area contributed by atoms with Gasteiger partial charge in [0, 0.05) is 11.8 Å². The van der Waals surface area contributed by atoms with Gasteiger partial charge in [-0.05, 0) is 12.0 Å². The van der Waals surface area contributed by atoms with E-state index in [1.807, 2.05) is 6.07 Å². The lowest BCUT2D eigenvalue weighted by atomic mass is 10.1. The maximum absolute atomic E-state index is 5.72. The molecule has 2 rings (SSSR count). The third-order valence-electron chi connectivity index (χ3n) is 2.14. The number of furan rings is 1. The van der Waals surface area contributed by atoms with Crippen molar-refractivity contribution in [1.29, 1.82) is 0 Å². The Bertz CT molecular complexity index is 449. The van der Waals surface area contributed by atoms with Crippen molar-refractivity contribution in [2.45, 2.75) is 19.8 Å². The highest BCUT2D eigenvalue weighted by Gasteiger charge is 2.08. The second-order valence-corrected chi connectivity index (χ2v) is 3.71. The first kappa shape index (κ1) is 9.71. The number of nitrogens with zero attached hydrogens (tertiary/aromatic N) is 2. The van der Waals surface area contributed by atoms with Gasteiger partial charge in [0.25, 0.3) is 0 Å². The Morgan fingerprint density at radius 2 is 2.13 bits per heavy atom. The Kier molecular flexibility index (Phi) is 2.41. The lowest BCUT2D eigenvalue weighted by Gasteiger charge is -2.06. The van der Waals surface area contributed by atoms with Gasteiger partial charge in [0.1, 0.15) is 12.1 Å². The van der Waals surface area contributed by atoms with E-state index >= 15 is 0 Å². The van der Waals surface area contributed by atoms with Gasteiger partial charge in [-0.25, -0.2) is 9.97 Å². The molecule has 0 fully saturated rings. The molecule has 2 aromatic heterocycles. The molecule has 0 radical (unpaired) electrons. The molecule has 0 aliphatic heterocycles. The average Bonchev–Trinajstić information content (AvgIpc) is 2.69. The fourth-order valence-electron chi connectivity index (χ4n) is 1.30. The van der Waals surface area contributed by atoms with Gasteiger partial charge in [-0.2, -0.15) is 0 Å². The van der Waals surface area contributed by atoms with E-state index in [2.05, 4.69) is 23.8 Å². The average molecular weight is 203 g/mol. The molecule has 2 N–H and O–H groups in total. The fraction of sp³-hybridized carbons (Fsp3) is 0.273. The highest BCUT2D eigenvalue weighted by atomic mass is 16.3. The quantitative estimate of drug-likeness (QED) is 0.814. The van der Waals surface area contributed by atoms with Crippen molar-refractivity contribution >= 4 is 5.82 Å². The Balaban J connectivity index is 2.49. The Morgan fingerprint density at radius 1 is 1.33 bits per heavy atom. The number of nitrogen functional groups attached to an aromatic ring is 1. The summed E-state index contributed by atoms with van der Waals surface area (Å²) in [5.41, 5.74) is 7.52. The molecule has 78 valence electrons. The normalized spacial score (nSPS) is 10.9. The summed E-state index contributed by atoms with van der Waals surface area (Å²) >= 11 is 0. The van der Waals surface area contributed by atoms with Crippen LogP contribution in [0.4, 0.5) is 5.82 Å². The largest absolute Gasteiger partial charge is 0.472 e. The van der Waals surface area contributed by atoms with Gasteiger partial charge in [-0.1, -0.05) is 13.8 Å². The monoisotopic (exact) mass is 203 g/mol. The van der Waals surface area contributed by atoms with Crippen LogP contribution in [0.1, 0.15) is 25.5 Å². The van der Waals surface area contributed by atoms with Crippen molar-refractivity contribution < 1.29 is 4.42 Å². The summed E-state index contributed by atoms with van der Waals surface area (Å²) in [4.78, 5) is 8.59. The molecule has 0 bridgehead atoms. The molecule has 0 spiro atoms. The summed E-state index contributed by atoms with van der Waals surface area (Å²) in [6.07, 6.45) is 3.20. The van der Waals surface area contributed by atoms with E-state index in [1.165, 1.54) is 0 Å². The van der Waals surface area contributed by atoms with Crippen LogP contribution in [0.25, 0.3) is 11.4 Å². The van der Waals surface area contributed by atoms with Crippen LogP contribution in [0, 0.1) is 0 Å². The minimum atomic E-state index is 0.334. The number of anilines is 1. The maximum Gasteiger partial charge on any atom is 0.165 e. The molecule has 4 heteroatoms. The number of aromatic nitrogens is 2. The van der Waals surface area contributed by atoms with Crippen molar-refractivity contribution in [1.82, 2.24) is 9.97 Å². The predicted octanol–water partition coefficient (Wildman–Crippen LogP) is 2.44. The highest BCUT2D eigenvalue weighted by molar-refractivity contribution is 5.55. The van der Waals surface area contributed by atoms with Crippen molar-refractivity contribution in [3.63, 3.8) is 0 Å². The predicted molar refractivity (Wildman–Crippen MR) is 58.2 cm³/mol. The molecule has 15 heavy (non-hydrogen) atoms. The fourth-order valence-corrected chi connectivity index (χ4v) is 1.30. The third-order valence-corrected chi connectivity index (χ3v) is 2.14. The highest BCUT2D eigenvalue weighted by Crippen LogP contribution is 2.20. The van der Waals surface area contributed by atoms with E-state index in [4.69, 9.17) is 10.2 Å². The molecule has 2 heterocycles. The van der Waals surface area contributed by atoms with E-state index in [9.17, 15) is 0 Å². The second kappa shape index (κ2) is 3.73. The number of hydrogen-bond acceptors (Lipinski definition) is 4. The summed E-state index contributed by atoms with van der Waals surface area (Å²) in [5.74, 6) is 1.44. The van der Waals surface area contributed by atoms with Crippen LogP contribution in [0.2, 0.25) is 0 Å². The molecule has 0 aliphatic carbocycles. The van der Waals surface area contributed by atoms with Gasteiger partial charge in [0.05, 0.1) is 11.8 Å². The summed E-state index contributed by atoms with van der Waals surface area (Å²) < 4.78 is 4.99. The molecule has 2 aromatic rings. The summed E-state index contributed by atoms with van der Waals surface area (Å²) in [6, 6.07) is 3.62. The van der Waals surface area contributed by atoms with Crippen LogP contribution in [0.5, 0.6) is 0 Å². The standard InChI is InChI=1S/C11H13N3O/c1-7(2)9-5-10(12)14-11(13-9)8-3-4-15-6-8/h3-7H,1-2H3,(H2,12,13,14). The molecule has 0 saturated heterocycles. The van der Waals surface area contributed by atoms with E-state index in [1.54, 1.807) is 18.6 Å². The zero-order valence-corrected chi connectivity index (χ0v) is 8.77. The van der Waals surface area contributed by atoms with Crippen molar-refractivity contribution in [2.24, 2.45) is 0 Å². The molecular weight excluding hydrogens is 190 g/mol. The van der Waals surface area contributed by atoms with E-state index in [-0.39, 0.29) is 0 Å². The van der Waals surface area contributed by atoms with Gasteiger partial charge in [0.15, 0.2) is 5.82 Å². The summed E-state index contributed by atoms with van der Waals surface area (Å²) in [5, 5.41) is 0. The molecule has 0 aliphatic rings. The van der Waals surface area contributed by atoms with Gasteiger partial charge in [-0.3, -0.25) is 0 Å². The molecule has 0 atom stereocenters. The van der Waals surface area contributed by atoms with Gasteiger partial charge >= 0.3 is 0 Å². The zero-order chi connectivity index (χ0) is 10.8. The number of rotatable bonds is 2. The topological polar surface area (TPSA) is 64.9 Å². The molecule has 0 aromatic carbocycles. The smallest absolute Gasteiger partial charge is 0.165 e. The van der Waals surface area contributed by atoms with Crippen LogP contribution in [-0.2, 0) is 0 Å². The SMILES string of the molecule is CC(C)c1cc(N)nc(-c2ccoc2)n1. The number of nitrogens with two attached hydrogens (primary N) is 1. The van der Waals surface area contributed by atoms with Crippen LogP contribution in [0.15, 0.2) is 29.1 Å². The Hall–Kier alpha value is -1.84. The molecular formula is C11H13N3O. The summed E-state index contributed by atoms with van der Waals surface area (Å²) in [7, 11) is 0. The first-order valence-corrected chi connectivity index (χ1v) is 4.84. The van der Waals surface area contributed by atoms with E-state index in [0.29, 0.717) is 17.6 Å². The minimum Gasteiger partial charge on any atom is -0.472 e. The molecule has 0 unspecified atom stereocenters. The van der Waals surface area contributed by atoms with Crippen LogP contribution in [-0.4, -0.2) is 9.97 Å². The molecule has 0 amide bonds. The van der Waals surface area contributed by atoms with Gasteiger partial charge in [-0.15, -0.1) is 0 Å². The van der Waals surface area contributed by atoms with E-state index < -0.39 is 0 Å². The van der Waals surface area contributed by atoms with Crippen LogP contribution < -0.4 is 5.73 Å². The Morgan fingerprint density at radius 3 is 2.73 bits per heavy atom. The lowest BCUT2D eigenvalue weighted by Crippen LogP contribution is -2.01. The maximum atomic E-state index is 5.72. The third kappa shape index (κ3) is 1.98. The Labute approximate surface area is 88.2 Å². The lowest BCUT2D eigenvalue weighted by molar-refractivity contribution is 0.568. The number of hydrogen-bond donors (Lipinski definition) is 1. The first-order chi connectivity index (χ1) is 7.16. The zero-order valence-electron chi connectivity index (χ0n) is 8.77. The first-order valence-electron chi connectivity index (χ1n) is 4.84. The van der Waals surface area contributed by atoms with E-state index in [0.717, 1.165) is 11.3 Å². The van der Waals surface area contributed by atoms with Crippen molar-refractivity contribution in [3.05, 3.63) is 30.4 Å². The van der Waals surface area contributed by atoms with Crippen LogP contribution >= 0.6 is 0 Å². The molecule has 4 nitrogen and oxygen atoms in total. The molecule has 0 saturated carbocycles. The minimum absolute atomic E-state index is 0.334. The van der Waals surface area contributed by atoms with Gasteiger partial charge < -0.3 is 10.2 Å². The second-order valence-electron chi connectivity index (χ2n) is 3.71.